The van der Waals surface area contributed by atoms with Crippen LogP contribution in [0.2, 0.25) is 0 Å². The van der Waals surface area contributed by atoms with Crippen LogP contribution in [0.5, 0.6) is 11.5 Å². The molecule has 6 nitrogen and oxygen atoms in total. The van der Waals surface area contributed by atoms with E-state index in [2.05, 4.69) is 16.9 Å². The van der Waals surface area contributed by atoms with Gasteiger partial charge in [0.25, 0.3) is 0 Å². The van der Waals surface area contributed by atoms with Crippen LogP contribution in [0.15, 0.2) is 23.3 Å². The minimum atomic E-state index is -3.38. The van der Waals surface area contributed by atoms with E-state index in [9.17, 15) is 8.42 Å². The van der Waals surface area contributed by atoms with Crippen molar-refractivity contribution in [2.45, 2.75) is 96.8 Å². The van der Waals surface area contributed by atoms with Crippen molar-refractivity contribution in [3.8, 4) is 11.5 Å². The Morgan fingerprint density at radius 2 is 1.39 bits per heavy atom. The second-order valence-electron chi connectivity index (χ2n) is 8.38. The van der Waals surface area contributed by atoms with Crippen LogP contribution >= 0.6 is 0 Å². The molecule has 1 N–H and O–H groups in total. The van der Waals surface area contributed by atoms with Crippen LogP contribution in [-0.2, 0) is 10.0 Å². The van der Waals surface area contributed by atoms with E-state index in [0.717, 1.165) is 18.4 Å². The molecule has 0 aromatic heterocycles. The molecule has 1 aromatic carbocycles. The molecule has 0 unspecified atom stereocenters. The van der Waals surface area contributed by atoms with Crippen LogP contribution in [0.4, 0.5) is 0 Å². The molecule has 1 aliphatic heterocycles. The first-order valence-electron chi connectivity index (χ1n) is 12.0. The summed E-state index contributed by atoms with van der Waals surface area (Å²) in [5, 5.41) is 3.86. The molecule has 0 bridgehead atoms. The first-order valence-corrected chi connectivity index (χ1v) is 13.7. The molecule has 0 atom stereocenters. The van der Waals surface area contributed by atoms with Crippen molar-refractivity contribution in [2.75, 3.05) is 12.5 Å². The molecule has 31 heavy (non-hydrogen) atoms. The molecule has 0 saturated heterocycles. The molecule has 176 valence electrons. The second-order valence-corrected chi connectivity index (χ2v) is 10.2. The van der Waals surface area contributed by atoms with E-state index in [-0.39, 0.29) is 12.5 Å². The van der Waals surface area contributed by atoms with Crippen molar-refractivity contribution >= 4 is 16.2 Å². The summed E-state index contributed by atoms with van der Waals surface area (Å²) in [7, 11) is -3.38. The monoisotopic (exact) mass is 452 g/mol. The Bertz CT molecular complexity index is 750. The Balaban J connectivity index is 1.44. The lowest BCUT2D eigenvalue weighted by atomic mass is 10.0. The zero-order chi connectivity index (χ0) is 22.2. The largest absolute Gasteiger partial charge is 0.454 e. The molecule has 1 aromatic rings. The fraction of sp³-hybridized carbons (Fsp3) is 0.708. The van der Waals surface area contributed by atoms with Crippen molar-refractivity contribution in [1.82, 2.24) is 4.83 Å². The number of hydrazone groups is 1. The highest BCUT2D eigenvalue weighted by atomic mass is 32.2. The van der Waals surface area contributed by atoms with Crippen LogP contribution < -0.4 is 14.3 Å². The number of unbranched alkanes of at least 4 members (excludes halogenated alkanes) is 13. The van der Waals surface area contributed by atoms with Gasteiger partial charge in [-0.15, -0.1) is 0 Å². The van der Waals surface area contributed by atoms with Crippen LogP contribution in [0.1, 0.15) is 102 Å². The van der Waals surface area contributed by atoms with Gasteiger partial charge in [-0.05, 0) is 30.2 Å². The Morgan fingerprint density at radius 1 is 0.839 bits per heavy atom. The quantitative estimate of drug-likeness (QED) is 0.165. The Kier molecular flexibility index (Phi) is 12.4. The number of benzene rings is 1. The summed E-state index contributed by atoms with van der Waals surface area (Å²) >= 11 is 0. The van der Waals surface area contributed by atoms with Gasteiger partial charge in [0.1, 0.15) is 0 Å². The van der Waals surface area contributed by atoms with E-state index >= 15 is 0 Å². The van der Waals surface area contributed by atoms with Crippen molar-refractivity contribution < 1.29 is 17.9 Å². The first-order chi connectivity index (χ1) is 15.1. The highest BCUT2D eigenvalue weighted by molar-refractivity contribution is 7.89. The number of nitrogens with one attached hydrogen (secondary N) is 1. The molecule has 0 spiro atoms. The molecule has 0 aliphatic carbocycles. The van der Waals surface area contributed by atoms with E-state index < -0.39 is 10.0 Å². The van der Waals surface area contributed by atoms with E-state index in [4.69, 9.17) is 9.47 Å². The molecule has 0 fully saturated rings. The number of rotatable bonds is 18. The van der Waals surface area contributed by atoms with E-state index in [0.29, 0.717) is 17.9 Å². The average molecular weight is 453 g/mol. The van der Waals surface area contributed by atoms with Crippen LogP contribution in [0.25, 0.3) is 0 Å². The number of fused-ring (bicyclic) bond motifs is 1. The summed E-state index contributed by atoms with van der Waals surface area (Å²) in [5.74, 6) is 1.45. The van der Waals surface area contributed by atoms with Gasteiger partial charge < -0.3 is 9.47 Å². The maximum absolute atomic E-state index is 12.1. The Morgan fingerprint density at radius 3 is 2.00 bits per heavy atom. The lowest BCUT2D eigenvalue weighted by Crippen LogP contribution is -2.21. The highest BCUT2D eigenvalue weighted by Crippen LogP contribution is 2.31. The fourth-order valence-electron chi connectivity index (χ4n) is 3.71. The van der Waals surface area contributed by atoms with Gasteiger partial charge in [0.2, 0.25) is 16.8 Å². The maximum atomic E-state index is 12.1. The van der Waals surface area contributed by atoms with Gasteiger partial charge in [-0.3, -0.25) is 0 Å². The molecular formula is C24H40N2O4S. The van der Waals surface area contributed by atoms with Gasteiger partial charge in [-0.1, -0.05) is 90.4 Å². The minimum Gasteiger partial charge on any atom is -0.454 e. The summed E-state index contributed by atoms with van der Waals surface area (Å²) in [6.07, 6.45) is 18.9. The lowest BCUT2D eigenvalue weighted by molar-refractivity contribution is 0.174. The average Bonchev–Trinajstić information content (AvgIpc) is 3.22. The lowest BCUT2D eigenvalue weighted by Gasteiger charge is -2.04. The zero-order valence-corrected chi connectivity index (χ0v) is 19.9. The number of hydrogen-bond donors (Lipinski definition) is 1. The van der Waals surface area contributed by atoms with E-state index in [1.807, 2.05) is 0 Å². The van der Waals surface area contributed by atoms with Gasteiger partial charge in [-0.2, -0.15) is 5.10 Å². The summed E-state index contributed by atoms with van der Waals surface area (Å²) in [4.78, 5) is 2.29. The van der Waals surface area contributed by atoms with Gasteiger partial charge in [0.15, 0.2) is 11.5 Å². The highest BCUT2D eigenvalue weighted by Gasteiger charge is 2.12. The van der Waals surface area contributed by atoms with Crippen LogP contribution in [0, 0.1) is 0 Å². The Hall–Kier alpha value is -1.76. The fourth-order valence-corrected chi connectivity index (χ4v) is 4.60. The van der Waals surface area contributed by atoms with E-state index in [1.165, 1.54) is 76.8 Å². The third-order valence-electron chi connectivity index (χ3n) is 5.57. The van der Waals surface area contributed by atoms with Crippen LogP contribution in [-0.4, -0.2) is 27.2 Å². The first kappa shape index (κ1) is 25.5. The number of sulfonamides is 1. The molecular weight excluding hydrogens is 412 g/mol. The van der Waals surface area contributed by atoms with Crippen molar-refractivity contribution in [2.24, 2.45) is 5.10 Å². The maximum Gasteiger partial charge on any atom is 0.247 e. The second kappa shape index (κ2) is 15.1. The van der Waals surface area contributed by atoms with Crippen molar-refractivity contribution in [1.29, 1.82) is 0 Å². The summed E-state index contributed by atoms with van der Waals surface area (Å²) in [6, 6.07) is 5.36. The summed E-state index contributed by atoms with van der Waals surface area (Å²) in [5.41, 5.74) is 0.753. The third kappa shape index (κ3) is 11.4. The summed E-state index contributed by atoms with van der Waals surface area (Å²) in [6.45, 7) is 2.47. The molecule has 2 rings (SSSR count). The third-order valence-corrected chi connectivity index (χ3v) is 6.78. The van der Waals surface area contributed by atoms with E-state index in [1.54, 1.807) is 18.2 Å². The van der Waals surface area contributed by atoms with Crippen LogP contribution in [0.3, 0.4) is 0 Å². The van der Waals surface area contributed by atoms with Crippen molar-refractivity contribution in [3.05, 3.63) is 23.8 Å². The van der Waals surface area contributed by atoms with Gasteiger partial charge in [0.05, 0.1) is 12.0 Å². The van der Waals surface area contributed by atoms with Gasteiger partial charge >= 0.3 is 0 Å². The van der Waals surface area contributed by atoms with Gasteiger partial charge in [-0.25, -0.2) is 13.2 Å². The normalized spacial score (nSPS) is 13.2. The number of nitrogens with zero attached hydrogens (tertiary/aromatic N) is 1. The zero-order valence-electron chi connectivity index (χ0n) is 19.1. The smallest absolute Gasteiger partial charge is 0.247 e. The molecule has 0 saturated carbocycles. The SMILES string of the molecule is CCCCCCCCCCCCCCCCS(=O)(=O)NN=Cc1ccc2c(c1)OCO2. The standard InChI is InChI=1S/C24H40N2O4S/c1-2-3-4-5-6-7-8-9-10-11-12-13-14-15-18-31(27,28)26-25-20-22-16-17-23-24(19-22)30-21-29-23/h16-17,19-20,26H,2-15,18,21H2,1H3. The predicted molar refractivity (Wildman–Crippen MR) is 127 cm³/mol. The molecule has 0 radical (unpaired) electrons. The molecule has 7 heteroatoms. The molecule has 1 aliphatic rings. The Labute approximate surface area is 188 Å². The van der Waals surface area contributed by atoms with Gasteiger partial charge in [0, 0.05) is 0 Å². The number of hydrogen-bond acceptors (Lipinski definition) is 5. The topological polar surface area (TPSA) is 77.0 Å². The molecule has 1 heterocycles. The number of ether oxygens (including phenoxy) is 2. The predicted octanol–water partition coefficient (Wildman–Crippen LogP) is 6.15. The minimum absolute atomic E-state index is 0.115. The summed E-state index contributed by atoms with van der Waals surface area (Å²) < 4.78 is 34.7. The molecule has 0 amide bonds. The van der Waals surface area contributed by atoms with Crippen molar-refractivity contribution in [3.63, 3.8) is 0 Å².